The van der Waals surface area contributed by atoms with Crippen molar-refractivity contribution in [3.63, 3.8) is 0 Å². The minimum Gasteiger partial charge on any atom is -0.371 e. The molecular weight excluding hydrogens is 436 g/mol. The molecule has 1 aliphatic rings. The Bertz CT molecular complexity index is 1080. The van der Waals surface area contributed by atoms with Gasteiger partial charge in [-0.25, -0.2) is 17.2 Å². The Morgan fingerprint density at radius 1 is 1.09 bits per heavy atom. The van der Waals surface area contributed by atoms with E-state index >= 15 is 0 Å². The highest BCUT2D eigenvalue weighted by atomic mass is 32.2. The summed E-state index contributed by atoms with van der Waals surface area (Å²) in [6.45, 7) is 7.72. The van der Waals surface area contributed by atoms with E-state index in [1.165, 1.54) is 16.4 Å². The number of halogens is 2. The second-order valence-electron chi connectivity index (χ2n) is 8.02. The normalized spacial score (nSPS) is 15.2. The van der Waals surface area contributed by atoms with Crippen LogP contribution in [-0.2, 0) is 10.0 Å². The number of carbonyl (C=O) groups is 1. The Morgan fingerprint density at radius 3 is 2.34 bits per heavy atom. The lowest BCUT2D eigenvalue weighted by atomic mass is 9.98. The van der Waals surface area contributed by atoms with Crippen molar-refractivity contribution < 1.29 is 22.0 Å². The van der Waals surface area contributed by atoms with Gasteiger partial charge in [0.2, 0.25) is 10.0 Å². The molecule has 32 heavy (non-hydrogen) atoms. The van der Waals surface area contributed by atoms with E-state index in [0.29, 0.717) is 30.8 Å². The van der Waals surface area contributed by atoms with E-state index in [4.69, 9.17) is 0 Å². The summed E-state index contributed by atoms with van der Waals surface area (Å²) >= 11 is 0. The van der Waals surface area contributed by atoms with E-state index in [1.807, 2.05) is 4.90 Å². The van der Waals surface area contributed by atoms with Crippen molar-refractivity contribution in [2.24, 2.45) is 5.92 Å². The van der Waals surface area contributed by atoms with Crippen LogP contribution in [0.15, 0.2) is 41.3 Å². The van der Waals surface area contributed by atoms with Gasteiger partial charge in [0, 0.05) is 37.9 Å². The predicted octanol–water partition coefficient (Wildman–Crippen LogP) is 4.48. The fraction of sp³-hybridized carbons (Fsp3) is 0.435. The number of nitrogens with zero attached hydrogens (tertiary/aromatic N) is 2. The molecule has 2 aromatic rings. The van der Waals surface area contributed by atoms with Gasteiger partial charge in [0.25, 0.3) is 5.91 Å². The molecule has 1 N–H and O–H groups in total. The molecule has 1 aliphatic heterocycles. The third-order valence-electron chi connectivity index (χ3n) is 5.86. The highest BCUT2D eigenvalue weighted by molar-refractivity contribution is 7.89. The molecule has 0 aromatic heterocycles. The van der Waals surface area contributed by atoms with E-state index < -0.39 is 27.6 Å². The number of anilines is 2. The average Bonchev–Trinajstić information content (AvgIpc) is 2.76. The summed E-state index contributed by atoms with van der Waals surface area (Å²) in [5, 5.41) is 2.46. The quantitative estimate of drug-likeness (QED) is 0.655. The summed E-state index contributed by atoms with van der Waals surface area (Å²) in [4.78, 5) is 15.2. The number of carbonyl (C=O) groups excluding carboxylic acids is 1. The number of amides is 1. The zero-order valence-corrected chi connectivity index (χ0v) is 19.4. The van der Waals surface area contributed by atoms with Crippen molar-refractivity contribution in [2.75, 3.05) is 36.4 Å². The number of nitrogens with one attached hydrogen (secondary N) is 1. The SMILES string of the molecule is CCN(CC)S(=O)(=O)c1ccc(N2CCC(C)CC2)c(C(=O)Nc2ccc(F)cc2F)c1. The van der Waals surface area contributed by atoms with E-state index in [1.54, 1.807) is 19.9 Å². The van der Waals surface area contributed by atoms with Crippen LogP contribution in [0.4, 0.5) is 20.2 Å². The fourth-order valence-electron chi connectivity index (χ4n) is 3.88. The molecule has 1 fully saturated rings. The Kier molecular flexibility index (Phi) is 7.51. The van der Waals surface area contributed by atoms with Crippen LogP contribution in [0.2, 0.25) is 0 Å². The highest BCUT2D eigenvalue weighted by Gasteiger charge is 2.27. The van der Waals surface area contributed by atoms with Crippen molar-refractivity contribution >= 4 is 27.3 Å². The summed E-state index contributed by atoms with van der Waals surface area (Å²) in [6, 6.07) is 7.37. The van der Waals surface area contributed by atoms with Gasteiger partial charge in [-0.15, -0.1) is 0 Å². The molecule has 1 heterocycles. The second-order valence-corrected chi connectivity index (χ2v) is 9.95. The first-order chi connectivity index (χ1) is 15.2. The summed E-state index contributed by atoms with van der Waals surface area (Å²) in [5.74, 6) is -1.74. The van der Waals surface area contributed by atoms with Crippen LogP contribution in [0.5, 0.6) is 0 Å². The summed E-state index contributed by atoms with van der Waals surface area (Å²) in [7, 11) is -3.79. The minimum absolute atomic E-state index is 0.0000514. The standard InChI is InChI=1S/C23H29F2N3O3S/c1-4-28(5-2)32(30,31)18-7-9-22(27-12-10-16(3)11-13-27)19(15-18)23(29)26-21-8-6-17(24)14-20(21)25/h6-9,14-16H,4-5,10-13H2,1-3H3,(H,26,29). The number of sulfonamides is 1. The highest BCUT2D eigenvalue weighted by Crippen LogP contribution is 2.30. The Balaban J connectivity index is 2.03. The molecule has 0 saturated carbocycles. The van der Waals surface area contributed by atoms with Crippen molar-refractivity contribution in [3.8, 4) is 0 Å². The third kappa shape index (κ3) is 5.10. The number of benzene rings is 2. The molecule has 9 heteroatoms. The molecule has 174 valence electrons. The number of hydrogen-bond acceptors (Lipinski definition) is 4. The van der Waals surface area contributed by atoms with Crippen LogP contribution in [-0.4, -0.2) is 44.8 Å². The molecule has 1 saturated heterocycles. The van der Waals surface area contributed by atoms with Gasteiger partial charge in [-0.2, -0.15) is 4.31 Å². The molecule has 6 nitrogen and oxygen atoms in total. The number of rotatable bonds is 7. The summed E-state index contributed by atoms with van der Waals surface area (Å²) in [5.41, 5.74) is 0.554. The molecular formula is C23H29F2N3O3S. The number of hydrogen-bond donors (Lipinski definition) is 1. The van der Waals surface area contributed by atoms with E-state index in [-0.39, 0.29) is 16.1 Å². The third-order valence-corrected chi connectivity index (χ3v) is 7.91. The summed E-state index contributed by atoms with van der Waals surface area (Å²) < 4.78 is 54.7. The Morgan fingerprint density at radius 2 is 1.75 bits per heavy atom. The van der Waals surface area contributed by atoms with Crippen molar-refractivity contribution in [1.82, 2.24) is 4.31 Å². The monoisotopic (exact) mass is 465 g/mol. The Labute approximate surface area is 188 Å². The topological polar surface area (TPSA) is 69.7 Å². The van der Waals surface area contributed by atoms with Gasteiger partial charge in [0.1, 0.15) is 11.6 Å². The lowest BCUT2D eigenvalue weighted by molar-refractivity contribution is 0.102. The van der Waals surface area contributed by atoms with Crippen molar-refractivity contribution in [1.29, 1.82) is 0 Å². The molecule has 1 amide bonds. The first-order valence-electron chi connectivity index (χ1n) is 10.8. The lowest BCUT2D eigenvalue weighted by Gasteiger charge is -2.33. The van der Waals surface area contributed by atoms with Crippen LogP contribution in [0.25, 0.3) is 0 Å². The van der Waals surface area contributed by atoms with Gasteiger partial charge in [0.05, 0.1) is 16.1 Å². The zero-order valence-electron chi connectivity index (χ0n) is 18.6. The summed E-state index contributed by atoms with van der Waals surface area (Å²) in [6.07, 6.45) is 1.90. The molecule has 3 rings (SSSR count). The van der Waals surface area contributed by atoms with Gasteiger partial charge >= 0.3 is 0 Å². The smallest absolute Gasteiger partial charge is 0.257 e. The maximum absolute atomic E-state index is 14.1. The van der Waals surface area contributed by atoms with E-state index in [0.717, 1.165) is 38.1 Å². The largest absolute Gasteiger partial charge is 0.371 e. The van der Waals surface area contributed by atoms with Gasteiger partial charge in [-0.1, -0.05) is 20.8 Å². The minimum atomic E-state index is -3.79. The molecule has 0 unspecified atom stereocenters. The average molecular weight is 466 g/mol. The molecule has 0 spiro atoms. The maximum Gasteiger partial charge on any atom is 0.257 e. The van der Waals surface area contributed by atoms with Crippen LogP contribution < -0.4 is 10.2 Å². The lowest BCUT2D eigenvalue weighted by Crippen LogP contribution is -2.35. The molecule has 0 radical (unpaired) electrons. The number of piperidine rings is 1. The van der Waals surface area contributed by atoms with Crippen molar-refractivity contribution in [2.45, 2.75) is 38.5 Å². The van der Waals surface area contributed by atoms with Gasteiger partial charge in [-0.05, 0) is 49.1 Å². The second kappa shape index (κ2) is 9.95. The zero-order chi connectivity index (χ0) is 23.5. The predicted molar refractivity (Wildman–Crippen MR) is 121 cm³/mol. The molecule has 0 atom stereocenters. The van der Waals surface area contributed by atoms with E-state index in [2.05, 4.69) is 12.2 Å². The van der Waals surface area contributed by atoms with Crippen LogP contribution in [0.1, 0.15) is 44.0 Å². The van der Waals surface area contributed by atoms with E-state index in [9.17, 15) is 22.0 Å². The van der Waals surface area contributed by atoms with Gasteiger partial charge in [0.15, 0.2) is 0 Å². The van der Waals surface area contributed by atoms with Crippen LogP contribution in [0, 0.1) is 17.6 Å². The first kappa shape index (κ1) is 24.1. The maximum atomic E-state index is 14.1. The van der Waals surface area contributed by atoms with Crippen LogP contribution in [0.3, 0.4) is 0 Å². The van der Waals surface area contributed by atoms with Crippen molar-refractivity contribution in [3.05, 3.63) is 53.6 Å². The fourth-order valence-corrected chi connectivity index (χ4v) is 5.36. The Hall–Kier alpha value is -2.52. The molecule has 0 bridgehead atoms. The van der Waals surface area contributed by atoms with Gasteiger partial charge in [-0.3, -0.25) is 4.79 Å². The van der Waals surface area contributed by atoms with Gasteiger partial charge < -0.3 is 10.2 Å². The first-order valence-corrected chi connectivity index (χ1v) is 12.3. The molecule has 0 aliphatic carbocycles. The van der Waals surface area contributed by atoms with Crippen LogP contribution >= 0.6 is 0 Å². The molecule has 2 aromatic carbocycles.